The van der Waals surface area contributed by atoms with Crippen LogP contribution in [0.3, 0.4) is 0 Å². The smallest absolute Gasteiger partial charge is 0.115 e. The summed E-state index contributed by atoms with van der Waals surface area (Å²) in [6.45, 7) is 0.973. The molecular formula is C16H16N4. The van der Waals surface area contributed by atoms with E-state index in [-0.39, 0.29) is 5.54 Å². The van der Waals surface area contributed by atoms with Gasteiger partial charge in [-0.1, -0.05) is 18.2 Å². The van der Waals surface area contributed by atoms with Crippen molar-refractivity contribution >= 4 is 6.34 Å². The number of hydrogen-bond acceptors (Lipinski definition) is 4. The molecule has 4 nitrogen and oxygen atoms in total. The van der Waals surface area contributed by atoms with E-state index < -0.39 is 0 Å². The second-order valence-corrected chi connectivity index (χ2v) is 5.65. The van der Waals surface area contributed by atoms with Gasteiger partial charge >= 0.3 is 0 Å². The molecule has 0 amide bonds. The van der Waals surface area contributed by atoms with Crippen molar-refractivity contribution in [3.8, 4) is 11.1 Å². The van der Waals surface area contributed by atoms with Gasteiger partial charge in [-0.15, -0.1) is 0 Å². The zero-order chi connectivity index (χ0) is 13.4. The van der Waals surface area contributed by atoms with Crippen LogP contribution in [0.1, 0.15) is 17.5 Å². The predicted octanol–water partition coefficient (Wildman–Crippen LogP) is 2.00. The van der Waals surface area contributed by atoms with Crippen LogP contribution >= 0.6 is 0 Å². The number of aryl methyl sites for hydroxylation is 1. The van der Waals surface area contributed by atoms with Crippen molar-refractivity contribution in [3.05, 3.63) is 48.0 Å². The Balaban J connectivity index is 1.68. The number of rotatable bonds is 1. The summed E-state index contributed by atoms with van der Waals surface area (Å²) < 4.78 is 0. The summed E-state index contributed by atoms with van der Waals surface area (Å²) in [6, 6.07) is 6.70. The van der Waals surface area contributed by atoms with Crippen LogP contribution in [0.15, 0.2) is 41.9 Å². The van der Waals surface area contributed by atoms with Gasteiger partial charge < -0.3 is 5.32 Å². The predicted molar refractivity (Wildman–Crippen MR) is 78.7 cm³/mol. The van der Waals surface area contributed by atoms with Crippen molar-refractivity contribution in [2.75, 3.05) is 6.54 Å². The molecule has 2 aliphatic rings. The van der Waals surface area contributed by atoms with E-state index in [0.29, 0.717) is 0 Å². The molecule has 0 saturated carbocycles. The molecule has 1 spiro atoms. The van der Waals surface area contributed by atoms with Crippen molar-refractivity contribution in [2.45, 2.75) is 24.8 Å². The first-order valence-corrected chi connectivity index (χ1v) is 6.99. The first-order chi connectivity index (χ1) is 9.85. The number of hydrogen-bond donors (Lipinski definition) is 1. The highest BCUT2D eigenvalue weighted by Gasteiger charge is 2.35. The van der Waals surface area contributed by atoms with Gasteiger partial charge in [-0.2, -0.15) is 0 Å². The van der Waals surface area contributed by atoms with Crippen LogP contribution in [-0.4, -0.2) is 28.4 Å². The van der Waals surface area contributed by atoms with Crippen LogP contribution in [0.25, 0.3) is 11.1 Å². The lowest BCUT2D eigenvalue weighted by Gasteiger charge is -2.31. The highest BCUT2D eigenvalue weighted by atomic mass is 15.1. The van der Waals surface area contributed by atoms with Crippen molar-refractivity contribution < 1.29 is 0 Å². The summed E-state index contributed by atoms with van der Waals surface area (Å²) in [5.74, 6) is 0. The monoisotopic (exact) mass is 264 g/mol. The fraction of sp³-hybridized carbons (Fsp3) is 0.312. The third-order valence-corrected chi connectivity index (χ3v) is 4.34. The van der Waals surface area contributed by atoms with Gasteiger partial charge in [0.1, 0.15) is 6.33 Å². The molecule has 1 aromatic heterocycles. The number of benzene rings is 1. The standard InChI is InChI=1S/C16H16N4/c1-2-14-6-16(9-19-11-20-16)4-3-13(14)5-12(1)15-7-17-10-18-8-15/h1-2,5,7-8,10-11H,3-4,6,9H2,(H,19,20). The third-order valence-electron chi connectivity index (χ3n) is 4.34. The Morgan fingerprint density at radius 3 is 2.75 bits per heavy atom. The van der Waals surface area contributed by atoms with Crippen LogP contribution in [0, 0.1) is 0 Å². The second-order valence-electron chi connectivity index (χ2n) is 5.65. The third kappa shape index (κ3) is 1.88. The van der Waals surface area contributed by atoms with Crippen molar-refractivity contribution in [1.82, 2.24) is 15.3 Å². The summed E-state index contributed by atoms with van der Waals surface area (Å²) in [5.41, 5.74) is 5.26. The fourth-order valence-electron chi connectivity index (χ4n) is 3.19. The highest BCUT2D eigenvalue weighted by Crippen LogP contribution is 2.34. The van der Waals surface area contributed by atoms with Crippen LogP contribution < -0.4 is 5.32 Å². The molecule has 0 bridgehead atoms. The molecule has 4 heteroatoms. The lowest BCUT2D eigenvalue weighted by atomic mass is 9.78. The van der Waals surface area contributed by atoms with Gasteiger partial charge in [-0.05, 0) is 36.0 Å². The summed E-state index contributed by atoms with van der Waals surface area (Å²) in [7, 11) is 0. The molecule has 1 N–H and O–H groups in total. The van der Waals surface area contributed by atoms with Crippen LogP contribution in [0.4, 0.5) is 0 Å². The van der Waals surface area contributed by atoms with Gasteiger partial charge in [0.05, 0.1) is 11.9 Å². The van der Waals surface area contributed by atoms with Crippen LogP contribution in [0.5, 0.6) is 0 Å². The molecule has 100 valence electrons. The Hall–Kier alpha value is -2.23. The average molecular weight is 264 g/mol. The zero-order valence-electron chi connectivity index (χ0n) is 11.2. The number of aromatic nitrogens is 2. The Labute approximate surface area is 118 Å². The van der Waals surface area contributed by atoms with Gasteiger partial charge in [0.25, 0.3) is 0 Å². The molecule has 2 aromatic rings. The van der Waals surface area contributed by atoms with Crippen LogP contribution in [0.2, 0.25) is 0 Å². The largest absolute Gasteiger partial charge is 0.374 e. The number of nitrogens with zero attached hydrogens (tertiary/aromatic N) is 3. The van der Waals surface area contributed by atoms with Gasteiger partial charge in [-0.25, -0.2) is 9.97 Å². The molecular weight excluding hydrogens is 248 g/mol. The molecule has 4 rings (SSSR count). The minimum absolute atomic E-state index is 0.102. The lowest BCUT2D eigenvalue weighted by molar-refractivity contribution is 0.394. The summed E-state index contributed by atoms with van der Waals surface area (Å²) in [6.07, 6.45) is 10.4. The quantitative estimate of drug-likeness (QED) is 0.857. The molecule has 1 atom stereocenters. The molecule has 1 aliphatic carbocycles. The van der Waals surface area contributed by atoms with Crippen molar-refractivity contribution in [1.29, 1.82) is 0 Å². The van der Waals surface area contributed by atoms with Crippen LogP contribution in [-0.2, 0) is 12.8 Å². The van der Waals surface area contributed by atoms with E-state index >= 15 is 0 Å². The maximum absolute atomic E-state index is 4.65. The number of fused-ring (bicyclic) bond motifs is 1. The minimum Gasteiger partial charge on any atom is -0.374 e. The van der Waals surface area contributed by atoms with Gasteiger partial charge in [0, 0.05) is 24.5 Å². The average Bonchev–Trinajstić information content (AvgIpc) is 2.96. The van der Waals surface area contributed by atoms with Gasteiger partial charge in [0.15, 0.2) is 0 Å². The number of aliphatic imine (C=N–C) groups is 1. The molecule has 2 heterocycles. The van der Waals surface area contributed by atoms with E-state index in [4.69, 9.17) is 0 Å². The van der Waals surface area contributed by atoms with E-state index in [9.17, 15) is 0 Å². The maximum Gasteiger partial charge on any atom is 0.115 e. The SMILES string of the molecule is C1=NC2(CCc3cc(-c4cncnc4)ccc3C2)CN1. The Morgan fingerprint density at radius 1 is 1.05 bits per heavy atom. The summed E-state index contributed by atoms with van der Waals surface area (Å²) in [4.78, 5) is 12.8. The molecule has 0 radical (unpaired) electrons. The molecule has 1 aliphatic heterocycles. The van der Waals surface area contributed by atoms with E-state index in [1.54, 1.807) is 6.33 Å². The van der Waals surface area contributed by atoms with E-state index in [2.05, 4.69) is 38.5 Å². The Kier molecular flexibility index (Phi) is 2.55. The van der Waals surface area contributed by atoms with Crippen molar-refractivity contribution in [2.24, 2.45) is 4.99 Å². The molecule has 0 fully saturated rings. The lowest BCUT2D eigenvalue weighted by Crippen LogP contribution is -2.38. The van der Waals surface area contributed by atoms with E-state index in [0.717, 1.165) is 31.4 Å². The Bertz CT molecular complexity index is 665. The normalized spacial score (nSPS) is 23.6. The number of nitrogens with one attached hydrogen (secondary N) is 1. The molecule has 20 heavy (non-hydrogen) atoms. The van der Waals surface area contributed by atoms with Crippen molar-refractivity contribution in [3.63, 3.8) is 0 Å². The zero-order valence-corrected chi connectivity index (χ0v) is 11.2. The second kappa shape index (κ2) is 4.40. The molecule has 1 unspecified atom stereocenters. The fourth-order valence-corrected chi connectivity index (χ4v) is 3.19. The molecule has 0 saturated heterocycles. The van der Waals surface area contributed by atoms with E-state index in [1.807, 2.05) is 18.7 Å². The summed E-state index contributed by atoms with van der Waals surface area (Å²) >= 11 is 0. The molecule has 1 aromatic carbocycles. The van der Waals surface area contributed by atoms with Gasteiger partial charge in [-0.3, -0.25) is 4.99 Å². The topological polar surface area (TPSA) is 50.2 Å². The summed E-state index contributed by atoms with van der Waals surface area (Å²) in [5, 5.41) is 3.24. The van der Waals surface area contributed by atoms with Gasteiger partial charge in [0.2, 0.25) is 0 Å². The Morgan fingerprint density at radius 2 is 1.95 bits per heavy atom. The highest BCUT2D eigenvalue weighted by molar-refractivity contribution is 5.64. The first kappa shape index (κ1) is 11.6. The minimum atomic E-state index is 0.102. The first-order valence-electron chi connectivity index (χ1n) is 6.99. The maximum atomic E-state index is 4.65. The van der Waals surface area contributed by atoms with E-state index in [1.165, 1.54) is 16.7 Å².